The molecule has 0 saturated carbocycles. The first kappa shape index (κ1) is 14.9. The summed E-state index contributed by atoms with van der Waals surface area (Å²) in [6, 6.07) is 1.68. The Hall–Kier alpha value is -0.123. The fraction of sp³-hybridized carbons (Fsp3) is 0.833. The number of nitrogens with zero attached hydrogens (tertiary/aromatic N) is 1. The molecule has 1 unspecified atom stereocenters. The highest BCUT2D eigenvalue weighted by Crippen LogP contribution is 2.19. The van der Waals surface area contributed by atoms with E-state index in [4.69, 9.17) is 4.74 Å². The third kappa shape index (κ3) is 6.87. The molecule has 1 atom stereocenters. The predicted molar refractivity (Wildman–Crippen MR) is 71.3 cm³/mol. The third-order valence-corrected chi connectivity index (χ3v) is 4.17. The summed E-state index contributed by atoms with van der Waals surface area (Å²) in [4.78, 5) is 2.31. The van der Waals surface area contributed by atoms with Gasteiger partial charge >= 0.3 is 0 Å². The van der Waals surface area contributed by atoms with Crippen LogP contribution in [-0.2, 0) is 4.74 Å². The molecule has 0 aromatic carbocycles. The first-order valence-corrected chi connectivity index (χ1v) is 9.35. The van der Waals surface area contributed by atoms with Crippen LogP contribution in [0.2, 0.25) is 25.7 Å². The topological polar surface area (TPSA) is 12.5 Å². The second-order valence-electron chi connectivity index (χ2n) is 5.55. The molecule has 0 rings (SSSR count). The van der Waals surface area contributed by atoms with E-state index in [-0.39, 0.29) is 0 Å². The highest BCUT2D eigenvalue weighted by Gasteiger charge is 2.19. The SMILES string of the molecule is C=C(C[Si](C)(C)C)C(C)N(C)CCOC. The molecule has 0 aliphatic rings. The zero-order chi connectivity index (χ0) is 12.1. The van der Waals surface area contributed by atoms with E-state index in [9.17, 15) is 0 Å². The molecule has 90 valence electrons. The molecule has 0 heterocycles. The zero-order valence-corrected chi connectivity index (χ0v) is 12.3. The molecular weight excluding hydrogens is 202 g/mol. The second kappa shape index (κ2) is 6.46. The van der Waals surface area contributed by atoms with Crippen molar-refractivity contribution in [3.63, 3.8) is 0 Å². The van der Waals surface area contributed by atoms with Crippen molar-refractivity contribution < 1.29 is 4.74 Å². The lowest BCUT2D eigenvalue weighted by Crippen LogP contribution is -2.35. The Bertz CT molecular complexity index is 198. The Morgan fingerprint density at radius 2 is 1.93 bits per heavy atom. The minimum absolute atomic E-state index is 0.465. The number of methoxy groups -OCH3 is 1. The quantitative estimate of drug-likeness (QED) is 0.492. The number of ether oxygens (including phenoxy) is 1. The standard InChI is InChI=1S/C12H27NOSi/c1-11(10-15(5,6)7)12(2)13(3)8-9-14-4/h12H,1,8-10H2,2-7H3. The van der Waals surface area contributed by atoms with Crippen LogP contribution in [0.15, 0.2) is 12.2 Å². The molecule has 0 aromatic rings. The van der Waals surface area contributed by atoms with Gasteiger partial charge in [-0.3, -0.25) is 4.90 Å². The molecule has 0 aliphatic carbocycles. The highest BCUT2D eigenvalue weighted by atomic mass is 28.3. The van der Waals surface area contributed by atoms with Gasteiger partial charge in [0, 0.05) is 27.8 Å². The zero-order valence-electron chi connectivity index (χ0n) is 11.3. The molecule has 3 heteroatoms. The van der Waals surface area contributed by atoms with Gasteiger partial charge in [0.25, 0.3) is 0 Å². The van der Waals surface area contributed by atoms with Crippen LogP contribution in [0, 0.1) is 0 Å². The second-order valence-corrected chi connectivity index (χ2v) is 11.0. The van der Waals surface area contributed by atoms with Crippen LogP contribution in [0.25, 0.3) is 0 Å². The monoisotopic (exact) mass is 229 g/mol. The van der Waals surface area contributed by atoms with Crippen LogP contribution >= 0.6 is 0 Å². The van der Waals surface area contributed by atoms with Crippen molar-refractivity contribution in [3.8, 4) is 0 Å². The Kier molecular flexibility index (Phi) is 6.40. The van der Waals surface area contributed by atoms with Crippen molar-refractivity contribution in [2.75, 3.05) is 27.3 Å². The predicted octanol–water partition coefficient (Wildman–Crippen LogP) is 2.85. The fourth-order valence-corrected chi connectivity index (χ4v) is 3.23. The first-order valence-electron chi connectivity index (χ1n) is 5.65. The Balaban J connectivity index is 4.08. The van der Waals surface area contributed by atoms with E-state index in [1.54, 1.807) is 7.11 Å². The van der Waals surface area contributed by atoms with E-state index < -0.39 is 8.07 Å². The van der Waals surface area contributed by atoms with E-state index in [0.717, 1.165) is 13.2 Å². The molecule has 0 spiro atoms. The van der Waals surface area contributed by atoms with Crippen LogP contribution in [0.5, 0.6) is 0 Å². The summed E-state index contributed by atoms with van der Waals surface area (Å²) in [5.74, 6) is 0. The van der Waals surface area contributed by atoms with Crippen molar-refractivity contribution in [1.82, 2.24) is 4.90 Å². The molecule has 0 aromatic heterocycles. The van der Waals surface area contributed by atoms with E-state index in [1.165, 1.54) is 11.6 Å². The summed E-state index contributed by atoms with van der Waals surface area (Å²) in [7, 11) is 2.87. The summed E-state index contributed by atoms with van der Waals surface area (Å²) in [5, 5.41) is 0. The Morgan fingerprint density at radius 1 is 1.40 bits per heavy atom. The number of hydrogen-bond acceptors (Lipinski definition) is 2. The normalized spacial score (nSPS) is 14.3. The maximum Gasteiger partial charge on any atom is 0.0589 e. The molecule has 0 bridgehead atoms. The average Bonchev–Trinajstić information content (AvgIpc) is 2.10. The van der Waals surface area contributed by atoms with Gasteiger partial charge in [0.2, 0.25) is 0 Å². The number of likely N-dealkylation sites (N-methyl/N-ethyl adjacent to an activating group) is 1. The molecule has 0 saturated heterocycles. The lowest BCUT2D eigenvalue weighted by Gasteiger charge is -2.29. The van der Waals surface area contributed by atoms with E-state index >= 15 is 0 Å². The number of rotatable bonds is 7. The molecule has 2 nitrogen and oxygen atoms in total. The Labute approximate surface area is 96.3 Å². The largest absolute Gasteiger partial charge is 0.383 e. The number of hydrogen-bond donors (Lipinski definition) is 0. The van der Waals surface area contributed by atoms with Gasteiger partial charge in [0.05, 0.1) is 6.61 Å². The van der Waals surface area contributed by atoms with Gasteiger partial charge in [-0.25, -0.2) is 0 Å². The van der Waals surface area contributed by atoms with Gasteiger partial charge < -0.3 is 4.74 Å². The van der Waals surface area contributed by atoms with Gasteiger partial charge in [0.1, 0.15) is 0 Å². The summed E-state index contributed by atoms with van der Waals surface area (Å²) >= 11 is 0. The van der Waals surface area contributed by atoms with E-state index in [2.05, 4.69) is 45.1 Å². The highest BCUT2D eigenvalue weighted by molar-refractivity contribution is 6.76. The fourth-order valence-electron chi connectivity index (χ4n) is 1.57. The summed E-state index contributed by atoms with van der Waals surface area (Å²) < 4.78 is 5.08. The smallest absolute Gasteiger partial charge is 0.0589 e. The lowest BCUT2D eigenvalue weighted by atomic mass is 10.1. The summed E-state index contributed by atoms with van der Waals surface area (Å²) in [6.07, 6.45) is 0. The molecule has 0 aliphatic heterocycles. The van der Waals surface area contributed by atoms with Crippen molar-refractivity contribution in [1.29, 1.82) is 0 Å². The lowest BCUT2D eigenvalue weighted by molar-refractivity contribution is 0.150. The molecule has 0 fully saturated rings. The van der Waals surface area contributed by atoms with Gasteiger partial charge in [0.15, 0.2) is 0 Å². The van der Waals surface area contributed by atoms with Crippen molar-refractivity contribution in [2.45, 2.75) is 38.7 Å². The van der Waals surface area contributed by atoms with Crippen molar-refractivity contribution in [3.05, 3.63) is 12.2 Å². The van der Waals surface area contributed by atoms with Gasteiger partial charge in [-0.1, -0.05) is 31.8 Å². The average molecular weight is 229 g/mol. The van der Waals surface area contributed by atoms with Gasteiger partial charge in [-0.05, 0) is 20.0 Å². The van der Waals surface area contributed by atoms with Gasteiger partial charge in [-0.2, -0.15) is 0 Å². The van der Waals surface area contributed by atoms with Crippen LogP contribution in [0.4, 0.5) is 0 Å². The maximum atomic E-state index is 5.08. The first-order chi connectivity index (χ1) is 6.78. The molecule has 0 N–H and O–H groups in total. The minimum atomic E-state index is -1.02. The third-order valence-electron chi connectivity index (χ3n) is 2.66. The molecular formula is C12H27NOSi. The molecule has 15 heavy (non-hydrogen) atoms. The van der Waals surface area contributed by atoms with Crippen molar-refractivity contribution >= 4 is 8.07 Å². The molecule has 0 radical (unpaired) electrons. The Morgan fingerprint density at radius 3 is 2.33 bits per heavy atom. The summed E-state index contributed by atoms with van der Waals surface area (Å²) in [6.45, 7) is 15.4. The van der Waals surface area contributed by atoms with E-state index in [0.29, 0.717) is 6.04 Å². The maximum absolute atomic E-state index is 5.08. The summed E-state index contributed by atoms with van der Waals surface area (Å²) in [5.41, 5.74) is 1.37. The van der Waals surface area contributed by atoms with Crippen LogP contribution in [-0.4, -0.2) is 46.3 Å². The minimum Gasteiger partial charge on any atom is -0.383 e. The van der Waals surface area contributed by atoms with Crippen LogP contribution < -0.4 is 0 Å². The van der Waals surface area contributed by atoms with E-state index in [1.807, 2.05) is 0 Å². The molecule has 0 amide bonds. The van der Waals surface area contributed by atoms with Crippen LogP contribution in [0.1, 0.15) is 6.92 Å². The van der Waals surface area contributed by atoms with Crippen molar-refractivity contribution in [2.24, 2.45) is 0 Å². The van der Waals surface area contributed by atoms with Crippen LogP contribution in [0.3, 0.4) is 0 Å². The van der Waals surface area contributed by atoms with Gasteiger partial charge in [-0.15, -0.1) is 0 Å².